The molecule has 1 aliphatic rings. The van der Waals surface area contributed by atoms with E-state index in [1.54, 1.807) is 7.11 Å². The molecule has 1 heterocycles. The van der Waals surface area contributed by atoms with E-state index in [0.717, 1.165) is 25.1 Å². The lowest BCUT2D eigenvalue weighted by atomic mass is 9.89. The molecule has 0 saturated carbocycles. The minimum atomic E-state index is 0.658. The van der Waals surface area contributed by atoms with Crippen molar-refractivity contribution in [2.24, 2.45) is 5.73 Å². The fourth-order valence-corrected chi connectivity index (χ4v) is 2.84. The van der Waals surface area contributed by atoms with Gasteiger partial charge in [0, 0.05) is 24.8 Å². The maximum Gasteiger partial charge on any atom is 0.128 e. The molecule has 0 atom stereocenters. The van der Waals surface area contributed by atoms with Gasteiger partial charge in [0.05, 0.1) is 12.8 Å². The van der Waals surface area contributed by atoms with Crippen LogP contribution in [-0.4, -0.2) is 18.2 Å². The molecular weight excluding hydrogens is 224 g/mol. The van der Waals surface area contributed by atoms with Crippen molar-refractivity contribution in [2.75, 3.05) is 13.7 Å². The number of hydrogen-bond donors (Lipinski definition) is 1. The largest absolute Gasteiger partial charge is 0.496 e. The van der Waals surface area contributed by atoms with Crippen LogP contribution in [0.5, 0.6) is 5.75 Å². The summed E-state index contributed by atoms with van der Waals surface area (Å²) in [4.78, 5) is 0. The number of nitrogens with two attached hydrogens (primary N) is 1. The highest BCUT2D eigenvalue weighted by atomic mass is 16.5. The predicted molar refractivity (Wildman–Crippen MR) is 72.9 cm³/mol. The first kappa shape index (κ1) is 11.4. The first-order valence-electron chi connectivity index (χ1n) is 6.39. The van der Waals surface area contributed by atoms with Gasteiger partial charge in [0.15, 0.2) is 0 Å². The smallest absolute Gasteiger partial charge is 0.128 e. The number of ether oxygens (including phenoxy) is 1. The van der Waals surface area contributed by atoms with Crippen molar-refractivity contribution in [1.82, 2.24) is 4.57 Å². The van der Waals surface area contributed by atoms with E-state index in [1.165, 1.54) is 22.4 Å². The Morgan fingerprint density at radius 3 is 2.83 bits per heavy atom. The van der Waals surface area contributed by atoms with Crippen molar-refractivity contribution in [3.63, 3.8) is 0 Å². The van der Waals surface area contributed by atoms with Crippen LogP contribution in [0, 0.1) is 0 Å². The summed E-state index contributed by atoms with van der Waals surface area (Å²) in [7, 11) is 1.74. The second-order valence-corrected chi connectivity index (χ2v) is 4.67. The highest BCUT2D eigenvalue weighted by molar-refractivity contribution is 5.76. The topological polar surface area (TPSA) is 40.2 Å². The van der Waals surface area contributed by atoms with Gasteiger partial charge in [-0.05, 0) is 36.1 Å². The Bertz CT molecular complexity index is 558. The number of methoxy groups -OCH3 is 1. The van der Waals surface area contributed by atoms with Crippen molar-refractivity contribution >= 4 is 0 Å². The van der Waals surface area contributed by atoms with Gasteiger partial charge >= 0.3 is 0 Å². The Balaban J connectivity index is 2.22. The van der Waals surface area contributed by atoms with Crippen molar-refractivity contribution in [1.29, 1.82) is 0 Å². The Morgan fingerprint density at radius 1 is 1.22 bits per heavy atom. The Hall–Kier alpha value is -1.74. The molecule has 18 heavy (non-hydrogen) atoms. The molecule has 3 heteroatoms. The number of rotatable bonds is 3. The fourth-order valence-electron chi connectivity index (χ4n) is 2.84. The van der Waals surface area contributed by atoms with Crippen LogP contribution in [0.2, 0.25) is 0 Å². The zero-order valence-corrected chi connectivity index (χ0v) is 10.6. The molecule has 3 nitrogen and oxygen atoms in total. The normalized spacial score (nSPS) is 13.0. The minimum absolute atomic E-state index is 0.658. The van der Waals surface area contributed by atoms with Crippen LogP contribution in [-0.2, 0) is 19.4 Å². The maximum atomic E-state index is 5.69. The zero-order valence-electron chi connectivity index (χ0n) is 10.6. The molecular formula is C15H18N2O. The summed E-state index contributed by atoms with van der Waals surface area (Å²) in [6, 6.07) is 8.51. The lowest BCUT2D eigenvalue weighted by Crippen LogP contribution is -2.13. The van der Waals surface area contributed by atoms with Crippen LogP contribution < -0.4 is 10.5 Å². The molecule has 1 aromatic carbocycles. The molecule has 0 spiro atoms. The number of aryl methyl sites for hydroxylation is 2. The highest BCUT2D eigenvalue weighted by Gasteiger charge is 2.22. The average molecular weight is 242 g/mol. The first-order valence-corrected chi connectivity index (χ1v) is 6.39. The molecule has 0 unspecified atom stereocenters. The number of nitrogens with zero attached hydrogens (tertiary/aromatic N) is 1. The summed E-state index contributed by atoms with van der Waals surface area (Å²) < 4.78 is 7.77. The summed E-state index contributed by atoms with van der Waals surface area (Å²) in [5.74, 6) is 0.963. The van der Waals surface area contributed by atoms with Crippen LogP contribution >= 0.6 is 0 Å². The molecule has 0 radical (unpaired) electrons. The summed E-state index contributed by atoms with van der Waals surface area (Å²) >= 11 is 0. The van der Waals surface area contributed by atoms with Gasteiger partial charge in [-0.3, -0.25) is 0 Å². The Labute approximate surface area is 107 Å². The standard InChI is InChI=1S/C15H18N2O/c1-18-13-4-2-3-11-5-6-12-7-9-17(10-8-16)15(12)14(11)13/h2-4,7,9H,5-6,8,10,16H2,1H3. The van der Waals surface area contributed by atoms with Gasteiger partial charge < -0.3 is 15.0 Å². The lowest BCUT2D eigenvalue weighted by Gasteiger charge is -2.21. The SMILES string of the molecule is COc1cccc2c1-c1c(ccn1CCN)CC2. The quantitative estimate of drug-likeness (QED) is 0.896. The predicted octanol–water partition coefficient (Wildman–Crippen LogP) is 2.22. The van der Waals surface area contributed by atoms with E-state index in [-0.39, 0.29) is 0 Å². The molecule has 2 aromatic rings. The van der Waals surface area contributed by atoms with Crippen LogP contribution in [0.3, 0.4) is 0 Å². The lowest BCUT2D eigenvalue weighted by molar-refractivity contribution is 0.415. The van der Waals surface area contributed by atoms with Crippen LogP contribution in [0.25, 0.3) is 11.3 Å². The van der Waals surface area contributed by atoms with E-state index < -0.39 is 0 Å². The summed E-state index contributed by atoms with van der Waals surface area (Å²) in [5.41, 5.74) is 11.0. The summed E-state index contributed by atoms with van der Waals surface area (Å²) in [6.07, 6.45) is 4.33. The van der Waals surface area contributed by atoms with Crippen LogP contribution in [0.15, 0.2) is 30.5 Å². The molecule has 2 N–H and O–H groups in total. The van der Waals surface area contributed by atoms with Gasteiger partial charge in [-0.25, -0.2) is 0 Å². The molecule has 0 saturated heterocycles. The molecule has 3 rings (SSSR count). The molecule has 0 amide bonds. The van der Waals surface area contributed by atoms with Crippen molar-refractivity contribution in [3.05, 3.63) is 41.6 Å². The van der Waals surface area contributed by atoms with Crippen molar-refractivity contribution in [2.45, 2.75) is 19.4 Å². The maximum absolute atomic E-state index is 5.69. The molecule has 1 aromatic heterocycles. The second-order valence-electron chi connectivity index (χ2n) is 4.67. The number of benzene rings is 1. The molecule has 1 aliphatic carbocycles. The Morgan fingerprint density at radius 2 is 2.06 bits per heavy atom. The van der Waals surface area contributed by atoms with Gasteiger partial charge in [0.25, 0.3) is 0 Å². The zero-order chi connectivity index (χ0) is 12.5. The monoisotopic (exact) mass is 242 g/mol. The second kappa shape index (κ2) is 4.50. The molecule has 0 fully saturated rings. The third kappa shape index (κ3) is 1.63. The average Bonchev–Trinajstić information content (AvgIpc) is 2.82. The first-order chi connectivity index (χ1) is 8.85. The molecule has 0 bridgehead atoms. The van der Waals surface area contributed by atoms with Crippen LogP contribution in [0.4, 0.5) is 0 Å². The summed E-state index contributed by atoms with van der Waals surface area (Å²) in [6.45, 7) is 1.51. The third-order valence-electron chi connectivity index (χ3n) is 3.65. The van der Waals surface area contributed by atoms with Gasteiger partial charge in [0.1, 0.15) is 5.75 Å². The molecule has 94 valence electrons. The van der Waals surface area contributed by atoms with E-state index in [1.807, 2.05) is 6.07 Å². The highest BCUT2D eigenvalue weighted by Crippen LogP contribution is 2.40. The van der Waals surface area contributed by atoms with Gasteiger partial charge in [0.2, 0.25) is 0 Å². The fraction of sp³-hybridized carbons (Fsp3) is 0.333. The minimum Gasteiger partial charge on any atom is -0.496 e. The Kier molecular flexibility index (Phi) is 2.84. The van der Waals surface area contributed by atoms with E-state index in [2.05, 4.69) is 29.0 Å². The van der Waals surface area contributed by atoms with Gasteiger partial charge in [-0.15, -0.1) is 0 Å². The van der Waals surface area contributed by atoms with E-state index in [9.17, 15) is 0 Å². The van der Waals surface area contributed by atoms with E-state index >= 15 is 0 Å². The van der Waals surface area contributed by atoms with Crippen LogP contribution in [0.1, 0.15) is 11.1 Å². The van der Waals surface area contributed by atoms with Gasteiger partial charge in [-0.1, -0.05) is 12.1 Å². The third-order valence-corrected chi connectivity index (χ3v) is 3.65. The number of fused-ring (bicyclic) bond motifs is 3. The summed E-state index contributed by atoms with van der Waals surface area (Å²) in [5, 5.41) is 0. The number of aromatic nitrogens is 1. The van der Waals surface area contributed by atoms with Crippen molar-refractivity contribution < 1.29 is 4.74 Å². The molecule has 0 aliphatic heterocycles. The van der Waals surface area contributed by atoms with E-state index in [4.69, 9.17) is 10.5 Å². The van der Waals surface area contributed by atoms with Crippen molar-refractivity contribution in [3.8, 4) is 17.0 Å². The van der Waals surface area contributed by atoms with Gasteiger partial charge in [-0.2, -0.15) is 0 Å². The number of hydrogen-bond acceptors (Lipinski definition) is 2. The van der Waals surface area contributed by atoms with E-state index in [0.29, 0.717) is 6.54 Å².